The second-order valence-corrected chi connectivity index (χ2v) is 4.64. The molecule has 0 aliphatic carbocycles. The van der Waals surface area contributed by atoms with Crippen LogP contribution in [0.5, 0.6) is 0 Å². The Balaban J connectivity index is 2.10. The Morgan fingerprint density at radius 3 is 2.94 bits per heavy atom. The van der Waals surface area contributed by atoms with E-state index in [0.29, 0.717) is 16.3 Å². The lowest BCUT2D eigenvalue weighted by Crippen LogP contribution is -1.93. The lowest BCUT2D eigenvalue weighted by atomic mass is 10.2. The Bertz CT molecular complexity index is 574. The van der Waals surface area contributed by atoms with E-state index in [-0.39, 0.29) is 0 Å². The number of hydrogen-bond acceptors (Lipinski definition) is 5. The minimum atomic E-state index is 0.559. The van der Waals surface area contributed by atoms with Crippen molar-refractivity contribution in [2.45, 2.75) is 10.9 Å². The van der Waals surface area contributed by atoms with Crippen molar-refractivity contribution >= 4 is 23.4 Å². The summed E-state index contributed by atoms with van der Waals surface area (Å²) in [6, 6.07) is 7.30. The van der Waals surface area contributed by atoms with Gasteiger partial charge in [-0.2, -0.15) is 5.26 Å². The van der Waals surface area contributed by atoms with E-state index in [4.69, 9.17) is 16.9 Å². The maximum Gasteiger partial charge on any atom is 0.209 e. The third-order valence-electron chi connectivity index (χ3n) is 2.12. The predicted octanol–water partition coefficient (Wildman–Crippen LogP) is 2.03. The zero-order chi connectivity index (χ0) is 12.3. The van der Waals surface area contributed by atoms with Crippen molar-refractivity contribution in [3.8, 4) is 6.07 Å². The van der Waals surface area contributed by atoms with Crippen molar-refractivity contribution in [2.75, 3.05) is 0 Å². The zero-order valence-corrected chi connectivity index (χ0v) is 10.5. The Morgan fingerprint density at radius 2 is 2.35 bits per heavy atom. The molecular weight excluding hydrogens is 258 g/mol. The van der Waals surface area contributed by atoms with Gasteiger partial charge in [-0.3, -0.25) is 0 Å². The van der Waals surface area contributed by atoms with Crippen molar-refractivity contribution in [2.24, 2.45) is 7.05 Å². The van der Waals surface area contributed by atoms with Crippen LogP contribution in [0.2, 0.25) is 5.02 Å². The molecule has 0 bridgehead atoms. The molecule has 0 saturated carbocycles. The van der Waals surface area contributed by atoms with Crippen LogP contribution in [0.15, 0.2) is 23.4 Å². The van der Waals surface area contributed by atoms with Crippen molar-refractivity contribution in [3.63, 3.8) is 0 Å². The van der Waals surface area contributed by atoms with Gasteiger partial charge in [0.15, 0.2) is 0 Å². The van der Waals surface area contributed by atoms with E-state index < -0.39 is 0 Å². The minimum Gasteiger partial charge on any atom is -0.224 e. The largest absolute Gasteiger partial charge is 0.224 e. The summed E-state index contributed by atoms with van der Waals surface area (Å²) in [5.41, 5.74) is 1.52. The van der Waals surface area contributed by atoms with Gasteiger partial charge in [0.2, 0.25) is 5.16 Å². The molecule has 0 aliphatic heterocycles. The number of hydrogen-bond donors (Lipinski definition) is 0. The second-order valence-electron chi connectivity index (χ2n) is 3.29. The van der Waals surface area contributed by atoms with Crippen LogP contribution < -0.4 is 0 Å². The van der Waals surface area contributed by atoms with Gasteiger partial charge in [0.25, 0.3) is 0 Å². The van der Waals surface area contributed by atoms with Crippen LogP contribution in [0.25, 0.3) is 0 Å². The van der Waals surface area contributed by atoms with Crippen LogP contribution in [0.3, 0.4) is 0 Å². The molecule has 0 unspecified atom stereocenters. The molecule has 0 N–H and O–H groups in total. The molecule has 86 valence electrons. The second kappa shape index (κ2) is 5.17. The summed E-state index contributed by atoms with van der Waals surface area (Å²) < 4.78 is 1.60. The summed E-state index contributed by atoms with van der Waals surface area (Å²) in [5, 5.41) is 21.2. The summed E-state index contributed by atoms with van der Waals surface area (Å²) in [4.78, 5) is 0. The summed E-state index contributed by atoms with van der Waals surface area (Å²) in [7, 11) is 1.78. The molecule has 5 nitrogen and oxygen atoms in total. The predicted molar refractivity (Wildman–Crippen MR) is 64.5 cm³/mol. The fourth-order valence-electron chi connectivity index (χ4n) is 1.22. The highest BCUT2D eigenvalue weighted by Gasteiger charge is 2.06. The maximum atomic E-state index is 8.73. The molecule has 2 aromatic rings. The first kappa shape index (κ1) is 11.9. The first-order chi connectivity index (χ1) is 8.20. The first-order valence-electron chi connectivity index (χ1n) is 4.74. The lowest BCUT2D eigenvalue weighted by Gasteiger charge is -2.03. The Hall–Kier alpha value is -1.58. The number of nitriles is 1. The monoisotopic (exact) mass is 265 g/mol. The Morgan fingerprint density at radius 1 is 1.53 bits per heavy atom. The van der Waals surface area contributed by atoms with E-state index in [9.17, 15) is 0 Å². The number of halogens is 1. The van der Waals surface area contributed by atoms with Crippen LogP contribution >= 0.6 is 23.4 Å². The highest BCUT2D eigenvalue weighted by molar-refractivity contribution is 7.98. The van der Waals surface area contributed by atoms with Crippen LogP contribution in [0.4, 0.5) is 0 Å². The van der Waals surface area contributed by atoms with Gasteiger partial charge in [0.05, 0.1) is 11.6 Å². The Kier molecular flexibility index (Phi) is 3.61. The molecular formula is C10H8ClN5S. The fraction of sp³-hybridized carbons (Fsp3) is 0.200. The molecule has 0 atom stereocenters. The first-order valence-corrected chi connectivity index (χ1v) is 6.10. The quantitative estimate of drug-likeness (QED) is 0.795. The van der Waals surface area contributed by atoms with E-state index in [1.807, 2.05) is 12.1 Å². The minimum absolute atomic E-state index is 0.559. The number of nitrogens with zero attached hydrogens (tertiary/aromatic N) is 5. The van der Waals surface area contributed by atoms with Crippen molar-refractivity contribution in [1.82, 2.24) is 20.2 Å². The van der Waals surface area contributed by atoms with Gasteiger partial charge in [-0.05, 0) is 28.1 Å². The number of tetrazole rings is 1. The SMILES string of the molecule is Cn1nnnc1SCc1ccc(C#N)cc1Cl. The van der Waals surface area contributed by atoms with Gasteiger partial charge in [0.1, 0.15) is 0 Å². The van der Waals surface area contributed by atoms with Gasteiger partial charge in [-0.1, -0.05) is 29.4 Å². The number of benzene rings is 1. The van der Waals surface area contributed by atoms with Gasteiger partial charge in [-0.15, -0.1) is 5.10 Å². The van der Waals surface area contributed by atoms with E-state index in [2.05, 4.69) is 15.5 Å². The maximum absolute atomic E-state index is 8.73. The van der Waals surface area contributed by atoms with Crippen LogP contribution in [0.1, 0.15) is 11.1 Å². The normalized spacial score (nSPS) is 10.2. The lowest BCUT2D eigenvalue weighted by molar-refractivity contribution is 0.664. The number of aryl methyl sites for hydroxylation is 1. The van der Waals surface area contributed by atoms with Gasteiger partial charge in [-0.25, -0.2) is 4.68 Å². The topological polar surface area (TPSA) is 67.4 Å². The molecule has 0 radical (unpaired) electrons. The van der Waals surface area contributed by atoms with E-state index in [1.165, 1.54) is 11.8 Å². The molecule has 17 heavy (non-hydrogen) atoms. The van der Waals surface area contributed by atoms with Crippen LogP contribution in [-0.2, 0) is 12.8 Å². The highest BCUT2D eigenvalue weighted by atomic mass is 35.5. The zero-order valence-electron chi connectivity index (χ0n) is 8.96. The van der Waals surface area contributed by atoms with Crippen molar-refractivity contribution < 1.29 is 0 Å². The molecule has 2 rings (SSSR count). The molecule has 1 heterocycles. The standard InChI is InChI=1S/C10H8ClN5S/c1-16-10(13-14-15-16)17-6-8-3-2-7(5-12)4-9(8)11/h2-4H,6H2,1H3. The molecule has 0 aliphatic rings. The van der Waals surface area contributed by atoms with E-state index in [0.717, 1.165) is 10.7 Å². The van der Waals surface area contributed by atoms with Gasteiger partial charge >= 0.3 is 0 Å². The van der Waals surface area contributed by atoms with E-state index >= 15 is 0 Å². The third kappa shape index (κ3) is 2.75. The summed E-state index contributed by atoms with van der Waals surface area (Å²) >= 11 is 7.56. The van der Waals surface area contributed by atoms with Crippen molar-refractivity contribution in [1.29, 1.82) is 5.26 Å². The van der Waals surface area contributed by atoms with Crippen LogP contribution in [-0.4, -0.2) is 20.2 Å². The number of rotatable bonds is 3. The van der Waals surface area contributed by atoms with Gasteiger partial charge < -0.3 is 0 Å². The summed E-state index contributed by atoms with van der Waals surface area (Å²) in [6.45, 7) is 0. The van der Waals surface area contributed by atoms with Crippen molar-refractivity contribution in [3.05, 3.63) is 34.3 Å². The summed E-state index contributed by atoms with van der Waals surface area (Å²) in [5.74, 6) is 0.665. The highest BCUT2D eigenvalue weighted by Crippen LogP contribution is 2.25. The third-order valence-corrected chi connectivity index (χ3v) is 3.53. The summed E-state index contributed by atoms with van der Waals surface area (Å²) in [6.07, 6.45) is 0. The molecule has 0 spiro atoms. The molecule has 7 heteroatoms. The average molecular weight is 266 g/mol. The smallest absolute Gasteiger partial charge is 0.209 e. The Labute approximate surface area is 107 Å². The molecule has 0 fully saturated rings. The van der Waals surface area contributed by atoms with Crippen LogP contribution in [0, 0.1) is 11.3 Å². The van der Waals surface area contributed by atoms with Gasteiger partial charge in [0, 0.05) is 17.8 Å². The molecule has 0 amide bonds. The number of aromatic nitrogens is 4. The number of thioether (sulfide) groups is 1. The molecule has 0 saturated heterocycles. The molecule has 1 aromatic carbocycles. The van der Waals surface area contributed by atoms with E-state index in [1.54, 1.807) is 23.9 Å². The average Bonchev–Trinajstić information content (AvgIpc) is 2.73. The molecule has 1 aromatic heterocycles. The fourth-order valence-corrected chi connectivity index (χ4v) is 2.40.